The van der Waals surface area contributed by atoms with Crippen molar-refractivity contribution in [3.05, 3.63) is 87.8 Å². The summed E-state index contributed by atoms with van der Waals surface area (Å²) in [5.41, 5.74) is 4.51. The lowest BCUT2D eigenvalue weighted by atomic mass is 10.1. The van der Waals surface area contributed by atoms with E-state index >= 15 is 0 Å². The van der Waals surface area contributed by atoms with Crippen LogP contribution in [0.3, 0.4) is 0 Å². The molecule has 5 aromatic rings. The van der Waals surface area contributed by atoms with Crippen LogP contribution in [0.15, 0.2) is 76.7 Å². The van der Waals surface area contributed by atoms with Crippen molar-refractivity contribution < 1.29 is 4.79 Å². The van der Waals surface area contributed by atoms with E-state index in [-0.39, 0.29) is 17.3 Å². The third kappa shape index (κ3) is 4.61. The van der Waals surface area contributed by atoms with Gasteiger partial charge in [0, 0.05) is 22.0 Å². The minimum atomic E-state index is -0.292. The molecule has 3 N–H and O–H groups in total. The van der Waals surface area contributed by atoms with E-state index in [2.05, 4.69) is 25.5 Å². The highest BCUT2D eigenvalue weighted by Crippen LogP contribution is 2.29. The molecule has 0 saturated carbocycles. The van der Waals surface area contributed by atoms with Crippen LogP contribution >= 0.6 is 23.4 Å². The summed E-state index contributed by atoms with van der Waals surface area (Å²) >= 11 is 7.36. The zero-order chi connectivity index (χ0) is 23.7. The van der Waals surface area contributed by atoms with Gasteiger partial charge in [-0.3, -0.25) is 9.36 Å². The van der Waals surface area contributed by atoms with Gasteiger partial charge in [-0.05, 0) is 49.4 Å². The SMILES string of the molecule is Cc1ccc(-c2nnc(SCC(=O)Nc3ccc4[nH]c(=O)[nH]c4c3)n2-c2ccc(Cl)cc2)cc1. The number of nitrogens with zero attached hydrogens (tertiary/aromatic N) is 3. The lowest BCUT2D eigenvalue weighted by molar-refractivity contribution is -0.113. The fraction of sp³-hybridized carbons (Fsp3) is 0.0833. The Labute approximate surface area is 203 Å². The summed E-state index contributed by atoms with van der Waals surface area (Å²) in [6.07, 6.45) is 0. The normalized spacial score (nSPS) is 11.1. The van der Waals surface area contributed by atoms with Crippen LogP contribution in [0.25, 0.3) is 28.1 Å². The number of fused-ring (bicyclic) bond motifs is 1. The lowest BCUT2D eigenvalue weighted by Crippen LogP contribution is -2.14. The molecule has 1 amide bonds. The van der Waals surface area contributed by atoms with Crippen LogP contribution in [0.4, 0.5) is 5.69 Å². The average Bonchev–Trinajstić information content (AvgIpc) is 3.41. The van der Waals surface area contributed by atoms with Crippen molar-refractivity contribution in [1.82, 2.24) is 24.7 Å². The summed E-state index contributed by atoms with van der Waals surface area (Å²) in [7, 11) is 0. The molecule has 0 unspecified atom stereocenters. The van der Waals surface area contributed by atoms with E-state index in [4.69, 9.17) is 11.6 Å². The van der Waals surface area contributed by atoms with Gasteiger partial charge in [-0.1, -0.05) is 53.2 Å². The number of carbonyl (C=O) groups excluding carboxylic acids is 1. The van der Waals surface area contributed by atoms with Crippen molar-refractivity contribution in [2.75, 3.05) is 11.1 Å². The molecular formula is C24H19ClN6O2S. The third-order valence-electron chi connectivity index (χ3n) is 5.16. The smallest absolute Gasteiger partial charge is 0.323 e. The van der Waals surface area contributed by atoms with E-state index in [0.717, 1.165) is 16.8 Å². The van der Waals surface area contributed by atoms with Gasteiger partial charge in [0.25, 0.3) is 0 Å². The number of benzene rings is 3. The Morgan fingerprint density at radius 1 is 1.00 bits per heavy atom. The van der Waals surface area contributed by atoms with Crippen LogP contribution < -0.4 is 11.0 Å². The topological polar surface area (TPSA) is 108 Å². The van der Waals surface area contributed by atoms with E-state index in [9.17, 15) is 9.59 Å². The van der Waals surface area contributed by atoms with Crippen molar-refractivity contribution in [3.63, 3.8) is 0 Å². The number of rotatable bonds is 6. The number of hydrogen-bond donors (Lipinski definition) is 3. The molecule has 10 heteroatoms. The molecule has 0 bridgehead atoms. The van der Waals surface area contributed by atoms with E-state index in [1.54, 1.807) is 30.3 Å². The number of amides is 1. The lowest BCUT2D eigenvalue weighted by Gasteiger charge is -2.11. The van der Waals surface area contributed by atoms with Gasteiger partial charge in [-0.15, -0.1) is 10.2 Å². The summed E-state index contributed by atoms with van der Waals surface area (Å²) in [4.78, 5) is 29.5. The number of H-pyrrole nitrogens is 2. The minimum Gasteiger partial charge on any atom is -0.325 e. The van der Waals surface area contributed by atoms with Gasteiger partial charge in [0.2, 0.25) is 5.91 Å². The first-order chi connectivity index (χ1) is 16.5. The predicted octanol–water partition coefficient (Wildman–Crippen LogP) is 4.80. The summed E-state index contributed by atoms with van der Waals surface area (Å²) < 4.78 is 1.91. The first kappa shape index (κ1) is 22.0. The van der Waals surface area contributed by atoms with E-state index in [1.807, 2.05) is 47.9 Å². The Morgan fingerprint density at radius 3 is 2.50 bits per heavy atom. The Hall–Kier alpha value is -3.82. The van der Waals surface area contributed by atoms with E-state index < -0.39 is 0 Å². The summed E-state index contributed by atoms with van der Waals surface area (Å²) in [5, 5.41) is 12.8. The molecule has 0 aliphatic carbocycles. The molecule has 0 aliphatic rings. The number of carbonyl (C=O) groups is 1. The molecule has 170 valence electrons. The standard InChI is InChI=1S/C24H19ClN6O2S/c1-14-2-4-15(5-3-14)22-29-30-24(31(22)18-9-6-16(25)7-10-18)34-13-21(32)26-17-8-11-19-20(12-17)28-23(33)27-19/h2-12H,13H2,1H3,(H,26,32)(H2,27,28,33). The van der Waals surface area contributed by atoms with Crippen LogP contribution in [0.5, 0.6) is 0 Å². The Balaban J connectivity index is 1.39. The molecule has 0 atom stereocenters. The molecule has 2 heterocycles. The number of thioether (sulfide) groups is 1. The fourth-order valence-corrected chi connectivity index (χ4v) is 4.39. The number of aromatic nitrogens is 5. The summed E-state index contributed by atoms with van der Waals surface area (Å²) in [6, 6.07) is 20.6. The fourth-order valence-electron chi connectivity index (χ4n) is 3.51. The summed E-state index contributed by atoms with van der Waals surface area (Å²) in [5.74, 6) is 0.596. The maximum absolute atomic E-state index is 12.6. The third-order valence-corrected chi connectivity index (χ3v) is 6.34. The molecule has 0 radical (unpaired) electrons. The summed E-state index contributed by atoms with van der Waals surface area (Å²) in [6.45, 7) is 2.03. The largest absolute Gasteiger partial charge is 0.325 e. The first-order valence-corrected chi connectivity index (χ1v) is 11.8. The van der Waals surface area contributed by atoms with Gasteiger partial charge >= 0.3 is 5.69 Å². The van der Waals surface area contributed by atoms with Crippen molar-refractivity contribution in [2.45, 2.75) is 12.1 Å². The number of hydrogen-bond acceptors (Lipinski definition) is 5. The molecule has 34 heavy (non-hydrogen) atoms. The number of anilines is 1. The zero-order valence-corrected chi connectivity index (χ0v) is 19.6. The van der Waals surface area contributed by atoms with Crippen LogP contribution in [-0.2, 0) is 4.79 Å². The average molecular weight is 491 g/mol. The molecule has 0 saturated heterocycles. The maximum Gasteiger partial charge on any atom is 0.323 e. The molecule has 3 aromatic carbocycles. The van der Waals surface area contributed by atoms with Crippen molar-refractivity contribution in [2.24, 2.45) is 0 Å². The van der Waals surface area contributed by atoms with Gasteiger partial charge in [-0.2, -0.15) is 0 Å². The highest BCUT2D eigenvalue weighted by molar-refractivity contribution is 7.99. The monoisotopic (exact) mass is 490 g/mol. The van der Waals surface area contributed by atoms with Crippen molar-refractivity contribution >= 4 is 46.0 Å². The van der Waals surface area contributed by atoms with Gasteiger partial charge in [0.05, 0.1) is 16.8 Å². The number of aryl methyl sites for hydroxylation is 1. The molecule has 5 rings (SSSR count). The van der Waals surface area contributed by atoms with Gasteiger partial charge in [0.1, 0.15) is 0 Å². The highest BCUT2D eigenvalue weighted by Gasteiger charge is 2.17. The Kier molecular flexibility index (Phi) is 5.95. The van der Waals surface area contributed by atoms with Gasteiger partial charge in [0.15, 0.2) is 11.0 Å². The van der Waals surface area contributed by atoms with Crippen LogP contribution in [-0.4, -0.2) is 36.4 Å². The molecule has 0 aliphatic heterocycles. The number of aromatic amines is 2. The van der Waals surface area contributed by atoms with E-state index in [0.29, 0.717) is 32.7 Å². The second kappa shape index (κ2) is 9.20. The molecule has 0 spiro atoms. The Bertz CT molecular complexity index is 1540. The van der Waals surface area contributed by atoms with Gasteiger partial charge < -0.3 is 15.3 Å². The van der Waals surface area contributed by atoms with Crippen molar-refractivity contribution in [1.29, 1.82) is 0 Å². The van der Waals surface area contributed by atoms with E-state index in [1.165, 1.54) is 11.8 Å². The molecule has 8 nitrogen and oxygen atoms in total. The minimum absolute atomic E-state index is 0.126. The van der Waals surface area contributed by atoms with Crippen LogP contribution in [0.2, 0.25) is 5.02 Å². The quantitative estimate of drug-likeness (QED) is 0.296. The second-order valence-corrected chi connectivity index (χ2v) is 9.04. The zero-order valence-electron chi connectivity index (χ0n) is 18.0. The molecule has 0 fully saturated rings. The van der Waals surface area contributed by atoms with Crippen molar-refractivity contribution in [3.8, 4) is 17.1 Å². The first-order valence-electron chi connectivity index (χ1n) is 10.4. The molecular weight excluding hydrogens is 472 g/mol. The number of halogens is 1. The second-order valence-electron chi connectivity index (χ2n) is 7.66. The van der Waals surface area contributed by atoms with Gasteiger partial charge in [-0.25, -0.2) is 4.79 Å². The highest BCUT2D eigenvalue weighted by atomic mass is 35.5. The molecule has 2 aromatic heterocycles. The van der Waals surface area contributed by atoms with Crippen LogP contribution in [0, 0.1) is 6.92 Å². The maximum atomic E-state index is 12.6. The van der Waals surface area contributed by atoms with Crippen LogP contribution in [0.1, 0.15) is 5.56 Å². The predicted molar refractivity (Wildman–Crippen MR) is 135 cm³/mol. The number of imidazole rings is 1. The Morgan fingerprint density at radius 2 is 1.74 bits per heavy atom. The number of nitrogens with one attached hydrogen (secondary N) is 3.